The monoisotopic (exact) mass is 557 g/mol. The number of phosphoric ester groups is 1. The van der Waals surface area contributed by atoms with Crippen molar-refractivity contribution < 1.29 is 70.1 Å². The topological polar surface area (TPSA) is 279 Å². The number of anilines is 1. The van der Waals surface area contributed by atoms with Crippen LogP contribution in [0.1, 0.15) is 6.23 Å². The summed E-state index contributed by atoms with van der Waals surface area (Å²) in [5.41, 5.74) is 2.30. The average Bonchev–Trinajstić information content (AvgIpc) is 3.19. The van der Waals surface area contributed by atoms with Crippen LogP contribution in [0.5, 0.6) is 0 Å². The first-order valence-corrected chi connectivity index (χ1v) is 13.0. The summed E-state index contributed by atoms with van der Waals surface area (Å²) in [5.74, 6) is -0.107. The summed E-state index contributed by atoms with van der Waals surface area (Å²) in [6.07, 6.45) is -8.16. The van der Waals surface area contributed by atoms with Crippen molar-refractivity contribution in [1.29, 1.82) is 0 Å². The lowest BCUT2D eigenvalue weighted by molar-refractivity contribution is -0.192. The van der Waals surface area contributed by atoms with E-state index in [1.807, 2.05) is 0 Å². The largest absolute Gasteiger partial charge is 0.490 e. The van der Waals surface area contributed by atoms with Crippen LogP contribution in [0.15, 0.2) is 12.7 Å². The highest BCUT2D eigenvalue weighted by Gasteiger charge is 2.62. The number of hydrogen-bond acceptors (Lipinski definition) is 13. The van der Waals surface area contributed by atoms with Crippen LogP contribution in [0.3, 0.4) is 0 Å². The second-order valence-corrected chi connectivity index (χ2v) is 11.1. The van der Waals surface area contributed by atoms with Crippen molar-refractivity contribution in [2.45, 2.75) is 30.5 Å². The maximum absolute atomic E-state index is 14.0. The fourth-order valence-corrected chi connectivity index (χ4v) is 5.99. The third kappa shape index (κ3) is 5.50. The minimum atomic E-state index is -5.93. The lowest BCUT2D eigenvalue weighted by Crippen LogP contribution is -2.52. The molecule has 34 heavy (non-hydrogen) atoms. The molecule has 6 unspecified atom stereocenters. The summed E-state index contributed by atoms with van der Waals surface area (Å²) in [6.45, 7) is -1.73. The Kier molecular flexibility index (Phi) is 7.31. The van der Waals surface area contributed by atoms with Gasteiger partial charge in [0.05, 0.1) is 12.9 Å². The van der Waals surface area contributed by atoms with Crippen molar-refractivity contribution in [3.05, 3.63) is 12.7 Å². The fourth-order valence-electron chi connectivity index (χ4n) is 2.94. The molecular formula is C11H16F2N5O13P3. The molecule has 23 heteroatoms. The predicted octanol–water partition coefficient (Wildman–Crippen LogP) is -0.994. The summed E-state index contributed by atoms with van der Waals surface area (Å²) in [5, 5.41) is 20.6. The number of imidazole rings is 1. The Labute approximate surface area is 186 Å². The number of aliphatic hydroxyl groups excluding tert-OH is 2. The van der Waals surface area contributed by atoms with Gasteiger partial charge in [0.25, 0.3) is 6.43 Å². The quantitative estimate of drug-likeness (QED) is 0.182. The molecule has 18 nitrogen and oxygen atoms in total. The van der Waals surface area contributed by atoms with Crippen LogP contribution in [0.25, 0.3) is 11.2 Å². The van der Waals surface area contributed by atoms with Crippen LogP contribution in [0, 0.1) is 0 Å². The Morgan fingerprint density at radius 1 is 1.12 bits per heavy atom. The summed E-state index contributed by atoms with van der Waals surface area (Å²) in [4.78, 5) is 47.0. The third-order valence-corrected chi connectivity index (χ3v) is 8.14. The zero-order chi connectivity index (χ0) is 25.7. The maximum Gasteiger partial charge on any atom is 0.490 e. The lowest BCUT2D eigenvalue weighted by Gasteiger charge is -2.31. The highest BCUT2D eigenvalue weighted by atomic mass is 31.3. The molecule has 8 N–H and O–H groups in total. The van der Waals surface area contributed by atoms with Crippen molar-refractivity contribution in [3.8, 4) is 0 Å². The van der Waals surface area contributed by atoms with Gasteiger partial charge >= 0.3 is 23.5 Å². The zero-order valence-electron chi connectivity index (χ0n) is 16.2. The van der Waals surface area contributed by atoms with Gasteiger partial charge in [0.2, 0.25) is 0 Å². The van der Waals surface area contributed by atoms with E-state index in [9.17, 15) is 37.6 Å². The van der Waals surface area contributed by atoms with E-state index in [0.29, 0.717) is 0 Å². The highest BCUT2D eigenvalue weighted by Crippen LogP contribution is 2.66. The van der Waals surface area contributed by atoms with Crippen LogP contribution >= 0.6 is 23.5 Å². The van der Waals surface area contributed by atoms with Gasteiger partial charge in [-0.05, 0) is 0 Å². The molecule has 3 rings (SSSR count). The molecule has 1 saturated heterocycles. The fraction of sp³-hybridized carbons (Fsp3) is 0.545. The molecule has 2 aromatic heterocycles. The summed E-state index contributed by atoms with van der Waals surface area (Å²) in [7, 11) is -17.5. The van der Waals surface area contributed by atoms with Crippen LogP contribution in [-0.4, -0.2) is 80.1 Å². The minimum Gasteiger partial charge on any atom is -0.387 e. The van der Waals surface area contributed by atoms with Gasteiger partial charge in [0.15, 0.2) is 23.3 Å². The molecular weight excluding hydrogens is 541 g/mol. The molecule has 1 aliphatic heterocycles. The van der Waals surface area contributed by atoms with Gasteiger partial charge in [0, 0.05) is 0 Å². The number of hydrogen-bond donors (Lipinski definition) is 7. The van der Waals surface area contributed by atoms with E-state index in [0.717, 1.165) is 17.2 Å². The molecule has 3 heterocycles. The summed E-state index contributed by atoms with van der Waals surface area (Å²) < 4.78 is 79.0. The van der Waals surface area contributed by atoms with Gasteiger partial charge in [-0.25, -0.2) is 37.4 Å². The molecule has 0 aliphatic carbocycles. The first-order chi connectivity index (χ1) is 15.5. The van der Waals surface area contributed by atoms with E-state index >= 15 is 0 Å². The van der Waals surface area contributed by atoms with Crippen LogP contribution < -0.4 is 5.73 Å². The number of nitrogens with two attached hydrogens (primary N) is 1. The number of ether oxygens (including phenoxy) is 1. The van der Waals surface area contributed by atoms with Crippen LogP contribution in [0.2, 0.25) is 0 Å². The maximum atomic E-state index is 14.0. The van der Waals surface area contributed by atoms with Gasteiger partial charge < -0.3 is 40.3 Å². The molecule has 0 saturated carbocycles. The van der Waals surface area contributed by atoms with Crippen molar-refractivity contribution in [1.82, 2.24) is 19.5 Å². The molecule has 2 aromatic rings. The molecule has 1 aliphatic rings. The molecule has 0 bridgehead atoms. The van der Waals surface area contributed by atoms with E-state index in [4.69, 9.17) is 25.2 Å². The Morgan fingerprint density at radius 2 is 1.76 bits per heavy atom. The minimum absolute atomic E-state index is 0.00407. The lowest BCUT2D eigenvalue weighted by atomic mass is 9.96. The SMILES string of the molecule is Nc1ncnc2c1ncn2C1OC(COP(=O)(O)OP(=O)(O)OP(=O)(O)O)(C(F)F)C(O)C1O. The van der Waals surface area contributed by atoms with Gasteiger partial charge in [0.1, 0.15) is 24.1 Å². The van der Waals surface area contributed by atoms with Gasteiger partial charge in [-0.15, -0.1) is 0 Å². The number of aliphatic hydroxyl groups is 2. The molecule has 0 aromatic carbocycles. The molecule has 0 amide bonds. The van der Waals surface area contributed by atoms with Crippen molar-refractivity contribution in [3.63, 3.8) is 0 Å². The molecule has 1 fully saturated rings. The number of nitrogen functional groups attached to an aromatic ring is 1. The molecule has 0 spiro atoms. The predicted molar refractivity (Wildman–Crippen MR) is 100 cm³/mol. The number of nitrogens with zero attached hydrogens (tertiary/aromatic N) is 4. The molecule has 192 valence electrons. The summed E-state index contributed by atoms with van der Waals surface area (Å²) in [6, 6.07) is 0. The molecule has 6 atom stereocenters. The zero-order valence-corrected chi connectivity index (χ0v) is 18.9. The van der Waals surface area contributed by atoms with E-state index in [2.05, 4.69) is 28.1 Å². The van der Waals surface area contributed by atoms with E-state index in [-0.39, 0.29) is 17.0 Å². The van der Waals surface area contributed by atoms with Gasteiger partial charge in [-0.3, -0.25) is 9.09 Å². The Balaban J connectivity index is 1.85. The number of aromatic nitrogens is 4. The number of halogens is 2. The summed E-state index contributed by atoms with van der Waals surface area (Å²) >= 11 is 0. The average molecular weight is 557 g/mol. The van der Waals surface area contributed by atoms with E-state index < -0.39 is 60.5 Å². The standard InChI is InChI=1S/C11H16F2N5O13P3/c12-10(13)11(1-28-33(24,25)31-34(26,27)30-32(21,22)23)6(20)5(19)9(29-11)18-3-17-4-7(14)15-2-16-8(4)18/h2-3,5-6,9-10,19-20H,1H2,(H,24,25)(H,26,27)(H2,14,15,16)(H2,21,22,23). The number of fused-ring (bicyclic) bond motifs is 1. The van der Waals surface area contributed by atoms with Crippen LogP contribution in [-0.2, 0) is 31.6 Å². The Morgan fingerprint density at radius 3 is 2.35 bits per heavy atom. The second-order valence-electron chi connectivity index (χ2n) is 6.65. The van der Waals surface area contributed by atoms with Crippen molar-refractivity contribution >= 4 is 40.4 Å². The second kappa shape index (κ2) is 9.18. The first-order valence-electron chi connectivity index (χ1n) is 8.51. The Bertz CT molecular complexity index is 1210. The third-order valence-electron chi connectivity index (χ3n) is 4.36. The van der Waals surface area contributed by atoms with Gasteiger partial charge in [-0.1, -0.05) is 0 Å². The number of phosphoric acid groups is 3. The van der Waals surface area contributed by atoms with Gasteiger partial charge in [-0.2, -0.15) is 8.62 Å². The van der Waals surface area contributed by atoms with Crippen molar-refractivity contribution in [2.75, 3.05) is 12.3 Å². The Hall–Kier alpha value is -1.50. The van der Waals surface area contributed by atoms with Crippen molar-refractivity contribution in [2.24, 2.45) is 0 Å². The smallest absolute Gasteiger partial charge is 0.387 e. The highest BCUT2D eigenvalue weighted by molar-refractivity contribution is 7.66. The van der Waals surface area contributed by atoms with E-state index in [1.54, 1.807) is 0 Å². The van der Waals surface area contributed by atoms with E-state index in [1.165, 1.54) is 0 Å². The number of rotatable bonds is 9. The normalized spacial score (nSPS) is 29.4. The first kappa shape index (κ1) is 27.1. The number of alkyl halides is 2. The van der Waals surface area contributed by atoms with Crippen LogP contribution in [0.4, 0.5) is 14.6 Å². The molecule has 0 radical (unpaired) electrons.